The number of halogens is 2. The number of hydrogen-bond acceptors (Lipinski definition) is 2. The van der Waals surface area contributed by atoms with Crippen LogP contribution in [-0.4, -0.2) is 10.1 Å². The third-order valence-corrected chi connectivity index (χ3v) is 3.07. The van der Waals surface area contributed by atoms with Gasteiger partial charge in [0.05, 0.1) is 6.10 Å². The van der Waals surface area contributed by atoms with Gasteiger partial charge in [-0.25, -0.2) is 0 Å². The van der Waals surface area contributed by atoms with Gasteiger partial charge in [-0.3, -0.25) is 4.98 Å². The van der Waals surface area contributed by atoms with Crippen LogP contribution in [-0.2, 0) is 6.42 Å². The highest BCUT2D eigenvalue weighted by Crippen LogP contribution is 2.25. The summed E-state index contributed by atoms with van der Waals surface area (Å²) in [5.74, 6) is 0. The predicted molar refractivity (Wildman–Crippen MR) is 72.1 cm³/mol. The second-order valence-electron chi connectivity index (χ2n) is 3.74. The molecule has 17 heavy (non-hydrogen) atoms. The average molecular weight is 313 g/mol. The molecule has 0 aliphatic rings. The van der Waals surface area contributed by atoms with Crippen LogP contribution in [0.3, 0.4) is 0 Å². The van der Waals surface area contributed by atoms with Crippen LogP contribution in [0.25, 0.3) is 0 Å². The van der Waals surface area contributed by atoms with Gasteiger partial charge in [-0.15, -0.1) is 0 Å². The van der Waals surface area contributed by atoms with Crippen molar-refractivity contribution in [2.75, 3.05) is 0 Å². The lowest BCUT2D eigenvalue weighted by molar-refractivity contribution is 0.177. The van der Waals surface area contributed by atoms with Crippen molar-refractivity contribution in [3.05, 3.63) is 63.3 Å². The summed E-state index contributed by atoms with van der Waals surface area (Å²) in [5, 5.41) is 10.7. The van der Waals surface area contributed by atoms with E-state index in [-0.39, 0.29) is 0 Å². The minimum absolute atomic E-state index is 0.480. The Balaban J connectivity index is 2.17. The molecule has 0 radical (unpaired) electrons. The summed E-state index contributed by atoms with van der Waals surface area (Å²) < 4.78 is 0.861. The van der Waals surface area contributed by atoms with Crippen LogP contribution >= 0.6 is 27.5 Å². The lowest BCUT2D eigenvalue weighted by Crippen LogP contribution is -2.03. The predicted octanol–water partition coefficient (Wildman–Crippen LogP) is 3.77. The second-order valence-corrected chi connectivity index (χ2v) is 5.10. The Labute approximate surface area is 113 Å². The molecular formula is C13H11BrClNO. The molecule has 0 amide bonds. The van der Waals surface area contributed by atoms with Crippen molar-refractivity contribution < 1.29 is 5.11 Å². The molecular weight excluding hydrogens is 302 g/mol. The van der Waals surface area contributed by atoms with Gasteiger partial charge in [0, 0.05) is 27.8 Å². The van der Waals surface area contributed by atoms with Crippen molar-refractivity contribution in [2.45, 2.75) is 12.5 Å². The van der Waals surface area contributed by atoms with E-state index < -0.39 is 6.10 Å². The summed E-state index contributed by atoms with van der Waals surface area (Å²) in [6, 6.07) is 11.1. The van der Waals surface area contributed by atoms with Crippen LogP contribution < -0.4 is 0 Å². The summed E-state index contributed by atoms with van der Waals surface area (Å²) in [5.41, 5.74) is 1.64. The molecule has 1 unspecified atom stereocenters. The van der Waals surface area contributed by atoms with Gasteiger partial charge >= 0.3 is 0 Å². The van der Waals surface area contributed by atoms with Crippen molar-refractivity contribution in [3.8, 4) is 0 Å². The van der Waals surface area contributed by atoms with Crippen molar-refractivity contribution >= 4 is 27.5 Å². The molecule has 1 aromatic heterocycles. The maximum absolute atomic E-state index is 10.1. The van der Waals surface area contributed by atoms with Crippen LogP contribution in [0.5, 0.6) is 0 Å². The van der Waals surface area contributed by atoms with E-state index in [4.69, 9.17) is 11.6 Å². The van der Waals surface area contributed by atoms with Gasteiger partial charge < -0.3 is 5.11 Å². The van der Waals surface area contributed by atoms with Crippen molar-refractivity contribution in [3.63, 3.8) is 0 Å². The first kappa shape index (κ1) is 12.6. The number of hydrogen-bond donors (Lipinski definition) is 1. The molecule has 88 valence electrons. The van der Waals surface area contributed by atoms with E-state index in [1.807, 2.05) is 24.3 Å². The fourth-order valence-electron chi connectivity index (χ4n) is 1.60. The van der Waals surface area contributed by atoms with Crippen molar-refractivity contribution in [1.82, 2.24) is 4.98 Å². The first-order chi connectivity index (χ1) is 8.15. The Kier molecular flexibility index (Phi) is 4.15. The van der Waals surface area contributed by atoms with Gasteiger partial charge in [0.15, 0.2) is 0 Å². The van der Waals surface area contributed by atoms with Crippen LogP contribution in [0.4, 0.5) is 0 Å². The molecule has 1 atom stereocenters. The Morgan fingerprint density at radius 3 is 2.76 bits per heavy atom. The lowest BCUT2D eigenvalue weighted by Gasteiger charge is -2.11. The number of aliphatic hydroxyl groups is 1. The quantitative estimate of drug-likeness (QED) is 0.936. The number of nitrogens with zero attached hydrogens (tertiary/aromatic N) is 1. The van der Waals surface area contributed by atoms with E-state index >= 15 is 0 Å². The highest BCUT2D eigenvalue weighted by molar-refractivity contribution is 9.10. The molecule has 0 aliphatic carbocycles. The molecule has 2 nitrogen and oxygen atoms in total. The van der Waals surface area contributed by atoms with E-state index in [2.05, 4.69) is 20.9 Å². The molecule has 1 heterocycles. The number of rotatable bonds is 3. The SMILES string of the molecule is OC(Cc1ccccn1)c1cc(Cl)cc(Br)c1. The average Bonchev–Trinajstić information content (AvgIpc) is 2.29. The second kappa shape index (κ2) is 5.63. The van der Waals surface area contributed by atoms with Gasteiger partial charge in [0.25, 0.3) is 0 Å². The highest BCUT2D eigenvalue weighted by atomic mass is 79.9. The van der Waals surface area contributed by atoms with Crippen LogP contribution in [0, 0.1) is 0 Å². The Bertz CT molecular complexity index is 484. The maximum Gasteiger partial charge on any atom is 0.0846 e. The molecule has 0 saturated carbocycles. The minimum Gasteiger partial charge on any atom is -0.388 e. The first-order valence-corrected chi connectivity index (χ1v) is 6.36. The molecule has 2 aromatic rings. The van der Waals surface area contributed by atoms with E-state index in [9.17, 15) is 5.11 Å². The Morgan fingerprint density at radius 2 is 2.12 bits per heavy atom. The molecule has 1 N–H and O–H groups in total. The van der Waals surface area contributed by atoms with Gasteiger partial charge in [-0.2, -0.15) is 0 Å². The normalized spacial score (nSPS) is 12.4. The van der Waals surface area contributed by atoms with E-state index in [0.717, 1.165) is 15.7 Å². The van der Waals surface area contributed by atoms with Crippen LogP contribution in [0.2, 0.25) is 5.02 Å². The molecule has 0 fully saturated rings. The fourth-order valence-corrected chi connectivity index (χ4v) is 2.49. The molecule has 4 heteroatoms. The van der Waals surface area contributed by atoms with Crippen molar-refractivity contribution in [1.29, 1.82) is 0 Å². The molecule has 2 rings (SSSR count). The molecule has 0 aliphatic heterocycles. The third-order valence-electron chi connectivity index (χ3n) is 2.40. The monoisotopic (exact) mass is 311 g/mol. The van der Waals surface area contributed by atoms with Gasteiger partial charge in [-0.1, -0.05) is 33.6 Å². The summed E-state index contributed by atoms with van der Waals surface area (Å²) in [6.07, 6.45) is 1.60. The Morgan fingerprint density at radius 1 is 1.29 bits per heavy atom. The number of aromatic nitrogens is 1. The first-order valence-electron chi connectivity index (χ1n) is 5.19. The van der Waals surface area contributed by atoms with Crippen molar-refractivity contribution in [2.24, 2.45) is 0 Å². The molecule has 0 saturated heterocycles. The number of pyridine rings is 1. The van der Waals surface area contributed by atoms with Gasteiger partial charge in [0.1, 0.15) is 0 Å². The summed E-state index contributed by atoms with van der Waals surface area (Å²) >= 11 is 9.30. The smallest absolute Gasteiger partial charge is 0.0846 e. The minimum atomic E-state index is -0.597. The number of benzene rings is 1. The summed E-state index contributed by atoms with van der Waals surface area (Å²) in [4.78, 5) is 4.18. The Hall–Kier alpha value is -0.900. The zero-order valence-electron chi connectivity index (χ0n) is 8.98. The van der Waals surface area contributed by atoms with Crippen LogP contribution in [0.1, 0.15) is 17.4 Å². The largest absolute Gasteiger partial charge is 0.388 e. The fraction of sp³-hybridized carbons (Fsp3) is 0.154. The zero-order chi connectivity index (χ0) is 12.3. The molecule has 0 bridgehead atoms. The zero-order valence-corrected chi connectivity index (χ0v) is 11.3. The van der Waals surface area contributed by atoms with E-state index in [1.54, 1.807) is 18.3 Å². The lowest BCUT2D eigenvalue weighted by atomic mass is 10.0. The third kappa shape index (κ3) is 3.53. The van der Waals surface area contributed by atoms with Crippen LogP contribution in [0.15, 0.2) is 47.1 Å². The topological polar surface area (TPSA) is 33.1 Å². The standard InChI is InChI=1S/C13H11BrClNO/c14-10-5-9(6-11(15)7-10)13(17)8-12-3-1-2-4-16-12/h1-7,13,17H,8H2. The summed E-state index contributed by atoms with van der Waals surface area (Å²) in [6.45, 7) is 0. The van der Waals surface area contributed by atoms with Gasteiger partial charge in [0.2, 0.25) is 0 Å². The molecule has 0 spiro atoms. The van der Waals surface area contributed by atoms with E-state index in [0.29, 0.717) is 11.4 Å². The maximum atomic E-state index is 10.1. The van der Waals surface area contributed by atoms with E-state index in [1.165, 1.54) is 0 Å². The highest BCUT2D eigenvalue weighted by Gasteiger charge is 2.10. The van der Waals surface area contributed by atoms with Gasteiger partial charge in [-0.05, 0) is 35.9 Å². The summed E-state index contributed by atoms with van der Waals surface area (Å²) in [7, 11) is 0. The number of aliphatic hydroxyl groups excluding tert-OH is 1. The molecule has 1 aromatic carbocycles.